The Morgan fingerprint density at radius 1 is 1.09 bits per heavy atom. The third-order valence-corrected chi connectivity index (χ3v) is 5.89. The fourth-order valence-corrected chi connectivity index (χ4v) is 4.18. The van der Waals surface area contributed by atoms with Crippen LogP contribution in [-0.4, -0.2) is 27.3 Å². The van der Waals surface area contributed by atoms with Crippen LogP contribution in [0, 0.1) is 12.7 Å². The summed E-state index contributed by atoms with van der Waals surface area (Å²) in [5.74, 6) is 0.0806. The maximum atomic E-state index is 13.2. The minimum absolute atomic E-state index is 0.104. The van der Waals surface area contributed by atoms with Gasteiger partial charge in [0.15, 0.2) is 11.8 Å². The number of halogens is 2. The van der Waals surface area contributed by atoms with Gasteiger partial charge < -0.3 is 10.1 Å². The van der Waals surface area contributed by atoms with Crippen molar-refractivity contribution >= 4 is 35.0 Å². The fourth-order valence-electron chi connectivity index (χ4n) is 3.05. The van der Waals surface area contributed by atoms with Crippen molar-refractivity contribution in [1.29, 1.82) is 0 Å². The first-order valence-corrected chi connectivity index (χ1v) is 11.3. The average Bonchev–Trinajstić information content (AvgIpc) is 3.14. The van der Waals surface area contributed by atoms with E-state index in [0.717, 1.165) is 16.0 Å². The summed E-state index contributed by atoms with van der Waals surface area (Å²) in [6.07, 6.45) is 0. The van der Waals surface area contributed by atoms with E-state index in [1.54, 1.807) is 22.9 Å². The smallest absolute Gasteiger partial charge is 0.262 e. The minimum atomic E-state index is -0.305. The molecule has 9 heteroatoms. The molecule has 0 radical (unpaired) electrons. The van der Waals surface area contributed by atoms with Crippen LogP contribution in [0.2, 0.25) is 5.28 Å². The van der Waals surface area contributed by atoms with Crippen LogP contribution in [-0.2, 0) is 11.3 Å². The summed E-state index contributed by atoms with van der Waals surface area (Å²) >= 11 is 7.38. The van der Waals surface area contributed by atoms with Gasteiger partial charge >= 0.3 is 0 Å². The summed E-state index contributed by atoms with van der Waals surface area (Å²) in [7, 11) is 0. The number of anilines is 1. The number of nitrogens with zero attached hydrogens (tertiary/aromatic N) is 3. The maximum Gasteiger partial charge on any atom is 0.262 e. The van der Waals surface area contributed by atoms with Gasteiger partial charge in [-0.25, -0.2) is 9.07 Å². The molecule has 0 aliphatic heterocycles. The van der Waals surface area contributed by atoms with Crippen molar-refractivity contribution in [2.45, 2.75) is 23.5 Å². The average molecular weight is 483 g/mol. The Morgan fingerprint density at radius 3 is 2.61 bits per heavy atom. The van der Waals surface area contributed by atoms with E-state index < -0.39 is 0 Å². The topological polar surface area (TPSA) is 69.0 Å². The first-order chi connectivity index (χ1) is 16.0. The van der Waals surface area contributed by atoms with Crippen molar-refractivity contribution in [3.8, 4) is 5.75 Å². The normalized spacial score (nSPS) is 10.8. The molecule has 1 aromatic heterocycles. The third-order valence-electron chi connectivity index (χ3n) is 4.67. The highest BCUT2D eigenvalue weighted by Crippen LogP contribution is 2.33. The highest BCUT2D eigenvalue weighted by molar-refractivity contribution is 7.99. The second-order valence-corrected chi connectivity index (χ2v) is 8.50. The van der Waals surface area contributed by atoms with Crippen molar-refractivity contribution in [1.82, 2.24) is 14.8 Å². The van der Waals surface area contributed by atoms with Gasteiger partial charge in [0.05, 0.1) is 12.2 Å². The van der Waals surface area contributed by atoms with Gasteiger partial charge in [0, 0.05) is 4.90 Å². The summed E-state index contributed by atoms with van der Waals surface area (Å²) < 4.78 is 20.5. The number of hydrogen-bond acceptors (Lipinski definition) is 5. The van der Waals surface area contributed by atoms with E-state index in [1.165, 1.54) is 23.9 Å². The first kappa shape index (κ1) is 22.8. The number of ether oxygens (including phenoxy) is 1. The van der Waals surface area contributed by atoms with Gasteiger partial charge in [0.1, 0.15) is 11.6 Å². The van der Waals surface area contributed by atoms with Crippen LogP contribution in [0.15, 0.2) is 82.8 Å². The monoisotopic (exact) mass is 482 g/mol. The molecule has 0 unspecified atom stereocenters. The summed E-state index contributed by atoms with van der Waals surface area (Å²) in [5, 5.41) is 7.77. The van der Waals surface area contributed by atoms with Gasteiger partial charge in [-0.3, -0.25) is 4.79 Å². The number of rotatable bonds is 8. The molecule has 4 rings (SSSR count). The Bertz CT molecular complexity index is 1260. The van der Waals surface area contributed by atoms with E-state index in [1.807, 2.05) is 49.4 Å². The van der Waals surface area contributed by atoms with Crippen LogP contribution in [0.4, 0.5) is 10.1 Å². The zero-order valence-electron chi connectivity index (χ0n) is 17.7. The van der Waals surface area contributed by atoms with Gasteiger partial charge in [0.25, 0.3) is 5.91 Å². The van der Waals surface area contributed by atoms with E-state index in [2.05, 4.69) is 15.4 Å². The molecule has 168 valence electrons. The molecular weight excluding hydrogens is 463 g/mol. The van der Waals surface area contributed by atoms with Crippen LogP contribution in [0.1, 0.15) is 11.1 Å². The Kier molecular flexibility index (Phi) is 7.26. The van der Waals surface area contributed by atoms with Crippen molar-refractivity contribution in [2.75, 3.05) is 11.9 Å². The predicted molar refractivity (Wildman–Crippen MR) is 126 cm³/mol. The number of hydrogen-bond donors (Lipinski definition) is 1. The maximum absolute atomic E-state index is 13.2. The standard InChI is InChI=1S/C24H20ClFN4O2S/c1-16-6-2-4-8-20(16)32-15-22(31)27-19-7-3-5-9-21(19)33-24-28-23(25)29-30(24)14-17-10-12-18(26)13-11-17/h2-13H,14-15H2,1H3,(H,27,31). The largest absolute Gasteiger partial charge is 0.483 e. The van der Waals surface area contributed by atoms with Gasteiger partial charge in [-0.1, -0.05) is 42.5 Å². The molecule has 0 bridgehead atoms. The van der Waals surface area contributed by atoms with Crippen molar-refractivity contribution in [3.05, 3.63) is 95.0 Å². The Balaban J connectivity index is 1.46. The minimum Gasteiger partial charge on any atom is -0.483 e. The third kappa shape index (κ3) is 6.12. The van der Waals surface area contributed by atoms with Crippen LogP contribution in [0.5, 0.6) is 5.75 Å². The summed E-state index contributed by atoms with van der Waals surface area (Å²) in [6, 6.07) is 21.0. The van der Waals surface area contributed by atoms with Gasteiger partial charge in [-0.15, -0.1) is 5.10 Å². The van der Waals surface area contributed by atoms with E-state index in [-0.39, 0.29) is 23.6 Å². The lowest BCUT2D eigenvalue weighted by atomic mass is 10.2. The van der Waals surface area contributed by atoms with Crippen molar-refractivity contribution < 1.29 is 13.9 Å². The number of aromatic nitrogens is 3. The van der Waals surface area contributed by atoms with Crippen LogP contribution >= 0.6 is 23.4 Å². The number of carbonyl (C=O) groups excluding carboxylic acids is 1. The number of aryl methyl sites for hydroxylation is 1. The molecule has 0 aliphatic carbocycles. The van der Waals surface area contributed by atoms with Gasteiger partial charge in [0.2, 0.25) is 5.28 Å². The zero-order chi connectivity index (χ0) is 23.2. The predicted octanol–water partition coefficient (Wildman–Crippen LogP) is 5.60. The van der Waals surface area contributed by atoms with Crippen LogP contribution in [0.25, 0.3) is 0 Å². The molecule has 0 atom stereocenters. The second kappa shape index (κ2) is 10.5. The molecule has 6 nitrogen and oxygen atoms in total. The molecule has 0 saturated carbocycles. The number of benzene rings is 3. The summed E-state index contributed by atoms with van der Waals surface area (Å²) in [4.78, 5) is 17.6. The van der Waals surface area contributed by atoms with Crippen molar-refractivity contribution in [3.63, 3.8) is 0 Å². The molecule has 1 N–H and O–H groups in total. The van der Waals surface area contributed by atoms with Crippen molar-refractivity contribution in [2.24, 2.45) is 0 Å². The molecule has 0 aliphatic rings. The molecule has 4 aromatic rings. The second-order valence-electron chi connectivity index (χ2n) is 7.15. The lowest BCUT2D eigenvalue weighted by Gasteiger charge is -2.12. The summed E-state index contributed by atoms with van der Waals surface area (Å²) in [6.45, 7) is 2.18. The number of para-hydroxylation sites is 2. The Hall–Kier alpha value is -3.36. The molecule has 1 amide bonds. The molecule has 1 heterocycles. The molecular formula is C24H20ClFN4O2S. The van der Waals surface area contributed by atoms with Crippen LogP contribution < -0.4 is 10.1 Å². The Morgan fingerprint density at radius 2 is 1.82 bits per heavy atom. The Labute approximate surface area is 199 Å². The summed E-state index contributed by atoms with van der Waals surface area (Å²) in [5.41, 5.74) is 2.43. The molecule has 0 saturated heterocycles. The van der Waals surface area contributed by atoms with E-state index >= 15 is 0 Å². The van der Waals surface area contributed by atoms with E-state index in [4.69, 9.17) is 16.3 Å². The zero-order valence-corrected chi connectivity index (χ0v) is 19.2. The van der Waals surface area contributed by atoms with Crippen LogP contribution in [0.3, 0.4) is 0 Å². The fraction of sp³-hybridized carbons (Fsp3) is 0.125. The van der Waals surface area contributed by atoms with Gasteiger partial charge in [-0.2, -0.15) is 4.98 Å². The highest BCUT2D eigenvalue weighted by atomic mass is 35.5. The highest BCUT2D eigenvalue weighted by Gasteiger charge is 2.15. The first-order valence-electron chi connectivity index (χ1n) is 10.1. The van der Waals surface area contributed by atoms with Gasteiger partial charge in [-0.05, 0) is 71.7 Å². The molecule has 0 fully saturated rings. The number of carbonyl (C=O) groups is 1. The molecule has 3 aromatic carbocycles. The number of nitrogens with one attached hydrogen (secondary N) is 1. The molecule has 33 heavy (non-hydrogen) atoms. The number of amides is 1. The van der Waals surface area contributed by atoms with E-state index in [9.17, 15) is 9.18 Å². The SMILES string of the molecule is Cc1ccccc1OCC(=O)Nc1ccccc1Sc1nc(Cl)nn1Cc1ccc(F)cc1. The van der Waals surface area contributed by atoms with E-state index in [0.29, 0.717) is 23.1 Å². The molecule has 0 spiro atoms. The lowest BCUT2D eigenvalue weighted by Crippen LogP contribution is -2.20. The quantitative estimate of drug-likeness (QED) is 0.354. The lowest BCUT2D eigenvalue weighted by molar-refractivity contribution is -0.118.